The largest absolute Gasteiger partial charge is 0.444 e. The highest BCUT2D eigenvalue weighted by molar-refractivity contribution is 9.10. The number of furan rings is 1. The van der Waals surface area contributed by atoms with Gasteiger partial charge in [0.2, 0.25) is 5.95 Å². The fourth-order valence-corrected chi connectivity index (χ4v) is 2.12. The van der Waals surface area contributed by atoms with Gasteiger partial charge in [-0.3, -0.25) is 14.9 Å². The molecule has 3 rings (SSSR count). The van der Waals surface area contributed by atoms with Crippen LogP contribution in [0.5, 0.6) is 0 Å². The summed E-state index contributed by atoms with van der Waals surface area (Å²) in [4.78, 5) is 27.9. The number of carbonyl (C=O) groups is 2. The van der Waals surface area contributed by atoms with E-state index in [-0.39, 0.29) is 17.6 Å². The monoisotopic (exact) mass is 375 g/mol. The Kier molecular flexibility index (Phi) is 4.20. The Labute approximate surface area is 138 Å². The van der Waals surface area contributed by atoms with E-state index in [1.54, 1.807) is 36.4 Å². The van der Waals surface area contributed by atoms with Crippen LogP contribution in [0.4, 0.5) is 11.6 Å². The zero-order chi connectivity index (χ0) is 16.2. The highest BCUT2D eigenvalue weighted by atomic mass is 79.9. The van der Waals surface area contributed by atoms with Crippen LogP contribution < -0.4 is 10.6 Å². The summed E-state index contributed by atoms with van der Waals surface area (Å²) in [5.74, 6) is -0.389. The number of benzene rings is 1. The van der Waals surface area contributed by atoms with Crippen molar-refractivity contribution in [2.75, 3.05) is 10.6 Å². The summed E-state index contributed by atoms with van der Waals surface area (Å²) in [6, 6.07) is 9.65. The number of H-pyrrole nitrogens is 1. The van der Waals surface area contributed by atoms with Gasteiger partial charge >= 0.3 is 0 Å². The van der Waals surface area contributed by atoms with Crippen molar-refractivity contribution in [3.8, 4) is 0 Å². The lowest BCUT2D eigenvalue weighted by Crippen LogP contribution is -2.15. The Bertz CT molecular complexity index is 844. The first kappa shape index (κ1) is 15.0. The molecule has 0 spiro atoms. The molecule has 0 aliphatic heterocycles. The fraction of sp³-hybridized carbons (Fsp3) is 0. The summed E-state index contributed by atoms with van der Waals surface area (Å²) in [7, 11) is 0. The smallest absolute Gasteiger partial charge is 0.291 e. The Morgan fingerprint density at radius 2 is 2.00 bits per heavy atom. The lowest BCUT2D eigenvalue weighted by molar-refractivity contribution is 0.0992. The predicted octanol–water partition coefficient (Wildman–Crippen LogP) is 2.66. The van der Waals surface area contributed by atoms with Gasteiger partial charge in [-0.15, -0.1) is 0 Å². The van der Waals surface area contributed by atoms with Crippen LogP contribution in [0.3, 0.4) is 0 Å². The van der Waals surface area contributed by atoms with Crippen molar-refractivity contribution < 1.29 is 14.0 Å². The van der Waals surface area contributed by atoms with Crippen molar-refractivity contribution in [1.82, 2.24) is 15.2 Å². The predicted molar refractivity (Wildman–Crippen MR) is 85.1 cm³/mol. The topological polar surface area (TPSA) is 113 Å². The Morgan fingerprint density at radius 3 is 2.70 bits per heavy atom. The van der Waals surface area contributed by atoms with Gasteiger partial charge in [0.25, 0.3) is 11.8 Å². The highest BCUT2D eigenvalue weighted by Gasteiger charge is 2.12. The van der Waals surface area contributed by atoms with Gasteiger partial charge in [-0.1, -0.05) is 6.07 Å². The van der Waals surface area contributed by atoms with E-state index in [4.69, 9.17) is 4.42 Å². The molecule has 0 saturated carbocycles. The normalized spacial score (nSPS) is 10.3. The van der Waals surface area contributed by atoms with E-state index in [0.29, 0.717) is 15.9 Å². The lowest BCUT2D eigenvalue weighted by Gasteiger charge is -2.06. The number of hydrogen-bond acceptors (Lipinski definition) is 5. The maximum absolute atomic E-state index is 12.1. The van der Waals surface area contributed by atoms with E-state index in [1.807, 2.05) is 0 Å². The van der Waals surface area contributed by atoms with E-state index in [1.165, 1.54) is 6.33 Å². The van der Waals surface area contributed by atoms with Crippen LogP contribution in [0.1, 0.15) is 20.9 Å². The third-order valence-corrected chi connectivity index (χ3v) is 3.25. The molecule has 0 radical (unpaired) electrons. The SMILES string of the molecule is O=C(Nc1ncn[nH]1)c1cccc(NC(=O)c2ccc(Br)o2)c1. The summed E-state index contributed by atoms with van der Waals surface area (Å²) in [5, 5.41) is 11.4. The second kappa shape index (κ2) is 6.44. The third kappa shape index (κ3) is 3.64. The molecular weight excluding hydrogens is 366 g/mol. The van der Waals surface area contributed by atoms with Crippen molar-refractivity contribution in [1.29, 1.82) is 0 Å². The summed E-state index contributed by atoms with van der Waals surface area (Å²) in [6.07, 6.45) is 1.29. The zero-order valence-corrected chi connectivity index (χ0v) is 13.1. The number of amides is 2. The van der Waals surface area contributed by atoms with Gasteiger partial charge in [0.1, 0.15) is 6.33 Å². The number of anilines is 2. The fourth-order valence-electron chi connectivity index (χ4n) is 1.81. The van der Waals surface area contributed by atoms with Crippen LogP contribution in [-0.4, -0.2) is 27.0 Å². The number of carbonyl (C=O) groups excluding carboxylic acids is 2. The molecule has 0 bridgehead atoms. The summed E-state index contributed by atoms with van der Waals surface area (Å²) >= 11 is 3.13. The van der Waals surface area contributed by atoms with Crippen LogP contribution >= 0.6 is 15.9 Å². The second-order valence-corrected chi connectivity index (χ2v) is 5.21. The first-order valence-electron chi connectivity index (χ1n) is 6.45. The minimum atomic E-state index is -0.413. The standard InChI is InChI=1S/C14H10BrN5O3/c15-11-5-4-10(23-11)13(22)18-9-3-1-2-8(6-9)12(21)19-14-16-7-17-20-14/h1-7H,(H,18,22)(H2,16,17,19,20,21). The highest BCUT2D eigenvalue weighted by Crippen LogP contribution is 2.17. The van der Waals surface area contributed by atoms with Crippen LogP contribution in [0.25, 0.3) is 0 Å². The molecule has 3 N–H and O–H groups in total. The molecule has 2 aromatic heterocycles. The van der Waals surface area contributed by atoms with E-state index in [2.05, 4.69) is 41.7 Å². The molecule has 8 nitrogen and oxygen atoms in total. The van der Waals surface area contributed by atoms with Gasteiger partial charge in [-0.05, 0) is 46.3 Å². The molecule has 0 aliphatic rings. The molecule has 2 amide bonds. The molecule has 0 unspecified atom stereocenters. The Hall–Kier alpha value is -2.94. The number of rotatable bonds is 4. The van der Waals surface area contributed by atoms with E-state index in [0.717, 1.165) is 0 Å². The maximum atomic E-state index is 12.1. The average Bonchev–Trinajstić information content (AvgIpc) is 3.19. The zero-order valence-electron chi connectivity index (χ0n) is 11.5. The quantitative estimate of drug-likeness (QED) is 0.648. The van der Waals surface area contributed by atoms with Crippen molar-refractivity contribution >= 4 is 39.4 Å². The van der Waals surface area contributed by atoms with Crippen molar-refractivity contribution in [3.63, 3.8) is 0 Å². The van der Waals surface area contributed by atoms with Crippen molar-refractivity contribution in [2.45, 2.75) is 0 Å². The molecule has 116 valence electrons. The van der Waals surface area contributed by atoms with Crippen molar-refractivity contribution in [2.24, 2.45) is 0 Å². The minimum absolute atomic E-state index is 0.161. The molecule has 2 heterocycles. The average molecular weight is 376 g/mol. The molecule has 0 aliphatic carbocycles. The number of aromatic amines is 1. The number of nitrogens with zero attached hydrogens (tertiary/aromatic N) is 2. The maximum Gasteiger partial charge on any atom is 0.291 e. The van der Waals surface area contributed by atoms with E-state index < -0.39 is 5.91 Å². The van der Waals surface area contributed by atoms with E-state index >= 15 is 0 Å². The number of hydrogen-bond donors (Lipinski definition) is 3. The second-order valence-electron chi connectivity index (χ2n) is 4.43. The van der Waals surface area contributed by atoms with Gasteiger partial charge in [-0.25, -0.2) is 5.10 Å². The molecule has 9 heteroatoms. The van der Waals surface area contributed by atoms with Gasteiger partial charge in [0.15, 0.2) is 10.4 Å². The molecule has 0 saturated heterocycles. The number of aromatic nitrogens is 3. The molecule has 0 fully saturated rings. The van der Waals surface area contributed by atoms with Gasteiger partial charge in [0, 0.05) is 11.3 Å². The Morgan fingerprint density at radius 1 is 1.13 bits per heavy atom. The van der Waals surface area contributed by atoms with Crippen LogP contribution in [0.15, 0.2) is 51.8 Å². The number of nitrogens with one attached hydrogen (secondary N) is 3. The van der Waals surface area contributed by atoms with E-state index in [9.17, 15) is 9.59 Å². The van der Waals surface area contributed by atoms with Crippen LogP contribution in [0.2, 0.25) is 0 Å². The van der Waals surface area contributed by atoms with Gasteiger partial charge < -0.3 is 9.73 Å². The van der Waals surface area contributed by atoms with Crippen LogP contribution in [0, 0.1) is 0 Å². The molecule has 23 heavy (non-hydrogen) atoms. The van der Waals surface area contributed by atoms with Gasteiger partial charge in [-0.2, -0.15) is 10.1 Å². The third-order valence-electron chi connectivity index (χ3n) is 2.83. The molecule has 1 aromatic carbocycles. The Balaban J connectivity index is 1.72. The number of halogens is 1. The first-order valence-corrected chi connectivity index (χ1v) is 7.24. The summed E-state index contributed by atoms with van der Waals surface area (Å²) in [5.41, 5.74) is 0.826. The van der Waals surface area contributed by atoms with Crippen LogP contribution in [-0.2, 0) is 0 Å². The summed E-state index contributed by atoms with van der Waals surface area (Å²) < 4.78 is 5.63. The minimum Gasteiger partial charge on any atom is -0.444 e. The molecular formula is C14H10BrN5O3. The molecule has 0 atom stereocenters. The lowest BCUT2D eigenvalue weighted by atomic mass is 10.2. The summed E-state index contributed by atoms with van der Waals surface area (Å²) in [6.45, 7) is 0. The van der Waals surface area contributed by atoms with Crippen molar-refractivity contribution in [3.05, 3.63) is 58.7 Å². The first-order chi connectivity index (χ1) is 11.1. The van der Waals surface area contributed by atoms with Gasteiger partial charge in [0.05, 0.1) is 0 Å². The molecule has 3 aromatic rings.